The second-order valence-electron chi connectivity index (χ2n) is 18.2. The van der Waals surface area contributed by atoms with Crippen LogP contribution in [0.3, 0.4) is 0 Å². The van der Waals surface area contributed by atoms with Crippen LogP contribution in [0.15, 0.2) is 0 Å². The third kappa shape index (κ3) is 47.1. The summed E-state index contributed by atoms with van der Waals surface area (Å²) >= 11 is 0. The first-order valence-corrected chi connectivity index (χ1v) is 26.1. The van der Waals surface area contributed by atoms with Gasteiger partial charge in [-0.25, -0.2) is 0 Å². The molecular weight excluding hydrogens is 694 g/mol. The van der Waals surface area contributed by atoms with Crippen molar-refractivity contribution in [1.82, 2.24) is 4.90 Å². The normalized spacial score (nSPS) is 12.1. The quantitative estimate of drug-likeness (QED) is 0.0455. The predicted octanol–water partition coefficient (Wildman–Crippen LogP) is 14.0. The van der Waals surface area contributed by atoms with E-state index in [-0.39, 0.29) is 42.0 Å². The van der Waals surface area contributed by atoms with E-state index < -0.39 is 5.97 Å². The first kappa shape index (κ1) is 58.5. The summed E-state index contributed by atoms with van der Waals surface area (Å²) in [5, 5.41) is 11.6. The Morgan fingerprint density at radius 1 is 0.339 bits per heavy atom. The Labute approximate surface area is 376 Å². The number of carbonyl (C=O) groups excluding carboxylic acids is 1. The maximum absolute atomic E-state index is 11.6. The summed E-state index contributed by atoms with van der Waals surface area (Å²) in [4.78, 5) is 14.1. The zero-order valence-electron chi connectivity index (χ0n) is 39.6. The first-order chi connectivity index (χ1) is 27.2. The fraction of sp³-hybridized carbons (Fsp3) is 0.981. The third-order valence-electron chi connectivity index (χ3n) is 12.6. The van der Waals surface area contributed by atoms with Crippen LogP contribution in [-0.2, 0) is 4.79 Å². The van der Waals surface area contributed by atoms with Crippen LogP contribution in [0, 0.1) is 0 Å². The average Bonchev–Trinajstić information content (AvgIpc) is 3.18. The van der Waals surface area contributed by atoms with Crippen LogP contribution < -0.4 is 34.7 Å². The van der Waals surface area contributed by atoms with Gasteiger partial charge in [0.05, 0.1) is 0 Å². The molecule has 0 fully saturated rings. The van der Waals surface area contributed by atoms with Gasteiger partial charge in [-0.1, -0.05) is 284 Å². The van der Waals surface area contributed by atoms with Gasteiger partial charge in [-0.05, 0) is 32.4 Å². The molecule has 0 amide bonds. The van der Waals surface area contributed by atoms with Crippen molar-refractivity contribution in [2.24, 2.45) is 0 Å². The minimum atomic E-state index is -0.874. The molecule has 0 bridgehead atoms. The van der Waals surface area contributed by atoms with E-state index in [0.29, 0.717) is 0 Å². The molecule has 0 spiro atoms. The van der Waals surface area contributed by atoms with E-state index in [1.165, 1.54) is 270 Å². The molecule has 0 rings (SSSR count). The minimum absolute atomic E-state index is 0. The maximum Gasteiger partial charge on any atom is 1.00 e. The molecule has 330 valence electrons. The van der Waals surface area contributed by atoms with Crippen LogP contribution in [0.2, 0.25) is 0 Å². The number of unbranched alkanes of at least 4 members (excludes halogenated alkanes) is 40. The predicted molar refractivity (Wildman–Crippen MR) is 245 cm³/mol. The van der Waals surface area contributed by atoms with Crippen molar-refractivity contribution in [3.8, 4) is 0 Å². The fourth-order valence-electron chi connectivity index (χ4n) is 8.91. The van der Waals surface area contributed by atoms with Crippen molar-refractivity contribution in [3.05, 3.63) is 0 Å². The Kier molecular flexibility index (Phi) is 53.9. The summed E-state index contributed by atoms with van der Waals surface area (Å²) < 4.78 is 0. The van der Waals surface area contributed by atoms with Crippen molar-refractivity contribution < 1.29 is 39.5 Å². The molecular formula is C52H104NNaO2. The summed E-state index contributed by atoms with van der Waals surface area (Å²) in [6.45, 7) is 8.93. The van der Waals surface area contributed by atoms with Gasteiger partial charge in [0.25, 0.3) is 0 Å². The zero-order valence-corrected chi connectivity index (χ0v) is 41.6. The number of carboxylic acid groups (broad SMARTS) is 1. The Balaban J connectivity index is 0. The molecule has 1 unspecified atom stereocenters. The molecule has 0 radical (unpaired) electrons. The molecule has 1 atom stereocenters. The van der Waals surface area contributed by atoms with E-state index in [4.69, 9.17) is 0 Å². The summed E-state index contributed by atoms with van der Waals surface area (Å²) in [5.74, 6) is -0.874. The Bertz CT molecular complexity index is 671. The van der Waals surface area contributed by atoms with Gasteiger partial charge in [-0.15, -0.1) is 0 Å². The van der Waals surface area contributed by atoms with Crippen molar-refractivity contribution in [2.75, 3.05) is 13.1 Å². The molecule has 0 aliphatic heterocycles. The van der Waals surface area contributed by atoms with Gasteiger partial charge in [-0.2, -0.15) is 0 Å². The summed E-state index contributed by atoms with van der Waals surface area (Å²) in [5.41, 5.74) is 0. The number of rotatable bonds is 49. The number of carbonyl (C=O) groups is 1. The standard InChI is InChI=1S/C52H105NO2.Na/c1-4-7-9-11-13-15-17-19-21-23-25-27-29-31-33-35-37-39-41-43-45-48-53(51(47-6-3)50-52(54)55)49-46-44-42-40-38-36-34-32-30-28-26-24-22-20-18-16-14-12-10-8-5-2;/h51H,4-50H2,1-3H3,(H,54,55);/q;+1/p-1. The molecule has 0 aromatic carbocycles. The van der Waals surface area contributed by atoms with Gasteiger partial charge in [0.15, 0.2) is 0 Å². The third-order valence-corrected chi connectivity index (χ3v) is 12.6. The van der Waals surface area contributed by atoms with Crippen molar-refractivity contribution in [3.63, 3.8) is 0 Å². The molecule has 0 N–H and O–H groups in total. The van der Waals surface area contributed by atoms with Crippen LogP contribution in [0.25, 0.3) is 0 Å². The van der Waals surface area contributed by atoms with Crippen molar-refractivity contribution in [1.29, 1.82) is 0 Å². The van der Waals surface area contributed by atoms with Gasteiger partial charge in [0, 0.05) is 18.4 Å². The molecule has 0 heterocycles. The molecule has 0 saturated carbocycles. The number of carboxylic acids is 1. The van der Waals surface area contributed by atoms with Crippen LogP contribution >= 0.6 is 0 Å². The van der Waals surface area contributed by atoms with E-state index >= 15 is 0 Å². The fourth-order valence-corrected chi connectivity index (χ4v) is 8.91. The number of hydrogen-bond acceptors (Lipinski definition) is 3. The van der Waals surface area contributed by atoms with E-state index in [1.807, 2.05) is 0 Å². The molecule has 56 heavy (non-hydrogen) atoms. The number of nitrogens with zero attached hydrogens (tertiary/aromatic N) is 1. The van der Waals surface area contributed by atoms with Crippen LogP contribution in [-0.4, -0.2) is 30.0 Å². The number of aliphatic carboxylic acids is 1. The van der Waals surface area contributed by atoms with Gasteiger partial charge in [-0.3, -0.25) is 0 Å². The van der Waals surface area contributed by atoms with Crippen LogP contribution in [0.4, 0.5) is 0 Å². The van der Waals surface area contributed by atoms with Crippen LogP contribution in [0.5, 0.6) is 0 Å². The monoisotopic (exact) mass is 798 g/mol. The Morgan fingerprint density at radius 3 is 0.714 bits per heavy atom. The SMILES string of the molecule is CCCCCCCCCCCCCCCCCCCCCCCN(CCCCCCCCCCCCCCCCCCCCCCC)C(CCC)CC(=O)[O-].[Na+]. The Morgan fingerprint density at radius 2 is 0.536 bits per heavy atom. The van der Waals surface area contributed by atoms with Crippen LogP contribution in [0.1, 0.15) is 310 Å². The smallest absolute Gasteiger partial charge is 0.550 e. The Hall–Kier alpha value is 0.430. The topological polar surface area (TPSA) is 43.4 Å². The molecule has 3 nitrogen and oxygen atoms in total. The largest absolute Gasteiger partial charge is 1.00 e. The maximum atomic E-state index is 11.6. The molecule has 0 aliphatic carbocycles. The van der Waals surface area contributed by atoms with E-state index in [1.54, 1.807) is 0 Å². The van der Waals surface area contributed by atoms with E-state index in [9.17, 15) is 9.90 Å². The molecule has 0 aliphatic rings. The van der Waals surface area contributed by atoms with Gasteiger partial charge in [0.2, 0.25) is 0 Å². The summed E-state index contributed by atoms with van der Waals surface area (Å²) in [7, 11) is 0. The van der Waals surface area contributed by atoms with Gasteiger partial charge in [0.1, 0.15) is 0 Å². The molecule has 0 aromatic heterocycles. The van der Waals surface area contributed by atoms with E-state index in [0.717, 1.165) is 25.9 Å². The van der Waals surface area contributed by atoms with Crippen molar-refractivity contribution >= 4 is 5.97 Å². The molecule has 0 aromatic rings. The second kappa shape index (κ2) is 51.6. The second-order valence-corrected chi connectivity index (χ2v) is 18.2. The zero-order chi connectivity index (χ0) is 40.0. The number of hydrogen-bond donors (Lipinski definition) is 0. The average molecular weight is 798 g/mol. The summed E-state index contributed by atoms with van der Waals surface area (Å²) in [6, 6.07) is 0.158. The summed E-state index contributed by atoms with van der Waals surface area (Å²) in [6.07, 6.45) is 61.6. The first-order valence-electron chi connectivity index (χ1n) is 26.1. The molecule has 0 saturated heterocycles. The van der Waals surface area contributed by atoms with E-state index in [2.05, 4.69) is 25.7 Å². The van der Waals surface area contributed by atoms with Gasteiger partial charge >= 0.3 is 29.6 Å². The van der Waals surface area contributed by atoms with Crippen molar-refractivity contribution in [2.45, 2.75) is 316 Å². The molecule has 4 heteroatoms. The van der Waals surface area contributed by atoms with Gasteiger partial charge < -0.3 is 14.8 Å². The minimum Gasteiger partial charge on any atom is -0.550 e.